The maximum atomic E-state index is 12.0. The minimum absolute atomic E-state index is 0.318. The van der Waals surface area contributed by atoms with Gasteiger partial charge in [-0.3, -0.25) is 0 Å². The molecule has 4 heteroatoms. The first-order valence-corrected chi connectivity index (χ1v) is 7.36. The van der Waals surface area contributed by atoms with Gasteiger partial charge >= 0.3 is 0 Å². The molecule has 0 aliphatic heterocycles. The van der Waals surface area contributed by atoms with E-state index < -0.39 is 11.0 Å². The average molecular weight is 316 g/mol. The molecule has 0 aromatic heterocycles. The van der Waals surface area contributed by atoms with Crippen molar-refractivity contribution < 1.29 is 4.21 Å². The highest BCUT2D eigenvalue weighted by Crippen LogP contribution is 2.21. The van der Waals surface area contributed by atoms with E-state index in [0.717, 1.165) is 21.3 Å². The molecule has 1 aromatic carbocycles. The summed E-state index contributed by atoms with van der Waals surface area (Å²) in [6.07, 6.45) is 0. The molecule has 0 bridgehead atoms. The largest absolute Gasteiger partial charge is 0.234 e. The van der Waals surface area contributed by atoms with Gasteiger partial charge in [-0.05, 0) is 46.2 Å². The molecule has 1 aromatic rings. The minimum Gasteiger partial charge on any atom is -0.234 e. The molecule has 1 rings (SSSR count). The van der Waals surface area contributed by atoms with Crippen LogP contribution in [-0.4, -0.2) is 14.7 Å². The van der Waals surface area contributed by atoms with Gasteiger partial charge in [0.05, 0.1) is 10.5 Å². The van der Waals surface area contributed by atoms with Crippen LogP contribution in [0.2, 0.25) is 0 Å². The number of rotatable bonds is 2. The molecule has 0 saturated carbocycles. The molecule has 0 aliphatic carbocycles. The van der Waals surface area contributed by atoms with Crippen molar-refractivity contribution in [2.24, 2.45) is 4.40 Å². The number of hydrogen-bond acceptors (Lipinski definition) is 1. The highest BCUT2D eigenvalue weighted by atomic mass is 79.9. The number of nitrogens with zero attached hydrogens (tertiary/aromatic N) is 1. The van der Waals surface area contributed by atoms with Gasteiger partial charge in [-0.15, -0.1) is 0 Å². The van der Waals surface area contributed by atoms with Crippen LogP contribution in [0.1, 0.15) is 38.8 Å². The van der Waals surface area contributed by atoms with Crippen LogP contribution < -0.4 is 0 Å². The number of hydrogen-bond donors (Lipinski definition) is 0. The third-order valence-corrected chi connectivity index (χ3v) is 4.75. The number of halogens is 1. The molecule has 0 spiro atoms. The first kappa shape index (κ1) is 14.6. The molecule has 94 valence electrons. The van der Waals surface area contributed by atoms with Crippen molar-refractivity contribution >= 4 is 32.6 Å². The number of benzene rings is 1. The second-order valence-electron chi connectivity index (χ2n) is 4.95. The van der Waals surface area contributed by atoms with Gasteiger partial charge in [0, 0.05) is 10.0 Å². The quantitative estimate of drug-likeness (QED) is 0.758. The monoisotopic (exact) mass is 315 g/mol. The second-order valence-corrected chi connectivity index (χ2v) is 7.71. The van der Waals surface area contributed by atoms with Crippen LogP contribution in [0.5, 0.6) is 0 Å². The fourth-order valence-electron chi connectivity index (χ4n) is 1.31. The van der Waals surface area contributed by atoms with Crippen molar-refractivity contribution in [2.45, 2.75) is 39.4 Å². The van der Waals surface area contributed by atoms with E-state index in [2.05, 4.69) is 20.3 Å². The lowest BCUT2D eigenvalue weighted by Crippen LogP contribution is -2.20. The lowest BCUT2D eigenvalue weighted by molar-refractivity contribution is 0.650. The molecule has 1 atom stereocenters. The molecule has 0 saturated heterocycles. The van der Waals surface area contributed by atoms with Gasteiger partial charge in [-0.25, -0.2) is 4.21 Å². The van der Waals surface area contributed by atoms with Gasteiger partial charge in [0.1, 0.15) is 11.0 Å². The minimum atomic E-state index is -1.21. The highest BCUT2D eigenvalue weighted by molar-refractivity contribution is 9.10. The summed E-state index contributed by atoms with van der Waals surface area (Å²) in [7, 11) is -1.21. The normalized spacial score (nSPS) is 14.8. The predicted molar refractivity (Wildman–Crippen MR) is 79.0 cm³/mol. The summed E-state index contributed by atoms with van der Waals surface area (Å²) < 4.78 is 17.0. The fourth-order valence-corrected chi connectivity index (χ4v) is 2.30. The van der Waals surface area contributed by atoms with E-state index in [1.165, 1.54) is 0 Å². The Kier molecular flexibility index (Phi) is 4.67. The summed E-state index contributed by atoms with van der Waals surface area (Å²) in [6, 6.07) is 5.96. The molecule has 0 radical (unpaired) electrons. The third-order valence-electron chi connectivity index (χ3n) is 2.40. The molecule has 0 amide bonds. The first-order valence-electron chi connectivity index (χ1n) is 5.46. The molecular formula is C13H18BrNOS. The molecule has 2 nitrogen and oxygen atoms in total. The summed E-state index contributed by atoms with van der Waals surface area (Å²) in [4.78, 5) is 0. The fraction of sp³-hybridized carbons (Fsp3) is 0.462. The van der Waals surface area contributed by atoms with Crippen LogP contribution in [0.3, 0.4) is 0 Å². The van der Waals surface area contributed by atoms with Crippen LogP contribution in [0.15, 0.2) is 27.1 Å². The molecule has 17 heavy (non-hydrogen) atoms. The van der Waals surface area contributed by atoms with Gasteiger partial charge in [0.2, 0.25) is 0 Å². The molecule has 0 unspecified atom stereocenters. The topological polar surface area (TPSA) is 29.4 Å². The van der Waals surface area contributed by atoms with E-state index in [0.29, 0.717) is 0 Å². The lowest BCUT2D eigenvalue weighted by Gasteiger charge is -2.15. The predicted octanol–water partition coefficient (Wildman–Crippen LogP) is 4.03. The van der Waals surface area contributed by atoms with Gasteiger partial charge in [0.25, 0.3) is 0 Å². The van der Waals surface area contributed by atoms with Crippen LogP contribution in [0.25, 0.3) is 0 Å². The van der Waals surface area contributed by atoms with Crippen LogP contribution in [0, 0.1) is 6.92 Å². The van der Waals surface area contributed by atoms with Gasteiger partial charge in [0.15, 0.2) is 0 Å². The Hall–Kier alpha value is -0.480. The molecule has 0 N–H and O–H groups in total. The van der Waals surface area contributed by atoms with Crippen molar-refractivity contribution in [1.82, 2.24) is 0 Å². The van der Waals surface area contributed by atoms with Crippen LogP contribution >= 0.6 is 15.9 Å². The summed E-state index contributed by atoms with van der Waals surface area (Å²) in [5, 5.41) is 0. The Morgan fingerprint density at radius 3 is 2.47 bits per heavy atom. The van der Waals surface area contributed by atoms with Crippen molar-refractivity contribution in [2.75, 3.05) is 0 Å². The van der Waals surface area contributed by atoms with Gasteiger partial charge in [-0.1, -0.05) is 28.1 Å². The Bertz CT molecular complexity index is 475. The van der Waals surface area contributed by atoms with Crippen molar-refractivity contribution in [3.8, 4) is 0 Å². The molecular weight excluding hydrogens is 298 g/mol. The summed E-state index contributed by atoms with van der Waals surface area (Å²) >= 11 is 3.49. The van der Waals surface area contributed by atoms with E-state index in [1.807, 2.05) is 52.8 Å². The third kappa shape index (κ3) is 3.75. The average Bonchev–Trinajstić information content (AvgIpc) is 2.20. The van der Waals surface area contributed by atoms with E-state index in [9.17, 15) is 4.21 Å². The summed E-state index contributed by atoms with van der Waals surface area (Å²) in [5.41, 5.74) is 2.98. The van der Waals surface area contributed by atoms with Gasteiger partial charge in [-0.2, -0.15) is 4.40 Å². The Labute approximate surface area is 114 Å². The van der Waals surface area contributed by atoms with E-state index in [4.69, 9.17) is 0 Å². The standard InChI is InChI=1S/C13H18BrNOS/c1-9-11(7-6-8-12(9)14)10(2)15-17(16)13(3,4)5/h6-8H,1-5H3/t17-/m0/s1. The van der Waals surface area contributed by atoms with E-state index >= 15 is 0 Å². The zero-order valence-corrected chi connectivity index (χ0v) is 13.3. The van der Waals surface area contributed by atoms with E-state index in [1.54, 1.807) is 0 Å². The van der Waals surface area contributed by atoms with Crippen molar-refractivity contribution in [3.63, 3.8) is 0 Å². The highest BCUT2D eigenvalue weighted by Gasteiger charge is 2.19. The summed E-state index contributed by atoms with van der Waals surface area (Å²) in [6.45, 7) is 9.70. The van der Waals surface area contributed by atoms with Crippen LogP contribution in [0.4, 0.5) is 0 Å². The Balaban J connectivity index is 3.13. The summed E-state index contributed by atoms with van der Waals surface area (Å²) in [5.74, 6) is 0. The van der Waals surface area contributed by atoms with E-state index in [-0.39, 0.29) is 4.75 Å². The van der Waals surface area contributed by atoms with Crippen LogP contribution in [-0.2, 0) is 11.0 Å². The SMILES string of the molecule is CC(=N[S@@](=O)C(C)(C)C)c1cccc(Br)c1C. The first-order chi connectivity index (χ1) is 7.73. The maximum Gasteiger partial charge on any atom is 0.145 e. The molecule has 0 aliphatic rings. The van der Waals surface area contributed by atoms with Gasteiger partial charge < -0.3 is 0 Å². The Morgan fingerprint density at radius 2 is 1.94 bits per heavy atom. The lowest BCUT2D eigenvalue weighted by atomic mass is 10.1. The zero-order valence-electron chi connectivity index (χ0n) is 10.9. The van der Waals surface area contributed by atoms with Crippen molar-refractivity contribution in [3.05, 3.63) is 33.8 Å². The zero-order chi connectivity index (χ0) is 13.2. The maximum absolute atomic E-state index is 12.0. The Morgan fingerprint density at radius 1 is 1.35 bits per heavy atom. The smallest absolute Gasteiger partial charge is 0.145 e. The molecule has 0 fully saturated rings. The van der Waals surface area contributed by atoms with Crippen molar-refractivity contribution in [1.29, 1.82) is 0 Å². The molecule has 0 heterocycles. The second kappa shape index (κ2) is 5.44.